The van der Waals surface area contributed by atoms with Gasteiger partial charge in [0, 0.05) is 17.2 Å². The predicted molar refractivity (Wildman–Crippen MR) is 98.2 cm³/mol. The minimum atomic E-state index is -0.461. The van der Waals surface area contributed by atoms with Gasteiger partial charge in [0.1, 0.15) is 18.0 Å². The first-order chi connectivity index (χ1) is 12.1. The van der Waals surface area contributed by atoms with E-state index in [1.165, 1.54) is 16.5 Å². The van der Waals surface area contributed by atoms with Crippen LogP contribution in [0.5, 0.6) is 0 Å². The van der Waals surface area contributed by atoms with Gasteiger partial charge in [-0.05, 0) is 26.0 Å². The Balaban J connectivity index is 2.26. The van der Waals surface area contributed by atoms with E-state index in [4.69, 9.17) is 0 Å². The van der Waals surface area contributed by atoms with Crippen molar-refractivity contribution in [1.29, 1.82) is 0 Å². The van der Waals surface area contributed by atoms with Gasteiger partial charge in [0.25, 0.3) is 5.69 Å². The first-order valence-electron chi connectivity index (χ1n) is 8.47. The summed E-state index contributed by atoms with van der Waals surface area (Å²) in [6.45, 7) is 6.77. The van der Waals surface area contributed by atoms with E-state index in [1.54, 1.807) is 12.1 Å². The van der Waals surface area contributed by atoms with E-state index in [1.807, 2.05) is 18.2 Å². The third kappa shape index (κ3) is 4.64. The van der Waals surface area contributed by atoms with Crippen molar-refractivity contribution in [3.05, 3.63) is 69.8 Å². The molecule has 132 valence electrons. The van der Waals surface area contributed by atoms with E-state index in [2.05, 4.69) is 31.3 Å². The molecule has 0 heterocycles. The summed E-state index contributed by atoms with van der Waals surface area (Å²) in [5.74, 6) is 0. The minimum absolute atomic E-state index is 0.0778. The van der Waals surface area contributed by atoms with Gasteiger partial charge in [0.05, 0.1) is 24.6 Å². The molecule has 0 aliphatic carbocycles. The lowest BCUT2D eigenvalue weighted by Gasteiger charge is -2.27. The number of carbonyl (C=O) groups is 1. The number of nitro benzene ring substituents is 1. The lowest BCUT2D eigenvalue weighted by molar-refractivity contribution is -0.926. The second kappa shape index (κ2) is 8.94. The highest BCUT2D eigenvalue weighted by molar-refractivity contribution is 5.79. The summed E-state index contributed by atoms with van der Waals surface area (Å²) in [5.41, 5.74) is 1.85. The van der Waals surface area contributed by atoms with Crippen molar-refractivity contribution >= 4 is 17.7 Å². The molecule has 0 spiro atoms. The molecule has 2 rings (SSSR count). The van der Waals surface area contributed by atoms with Gasteiger partial charge >= 0.3 is 0 Å². The number of benzene rings is 2. The van der Waals surface area contributed by atoms with Crippen molar-refractivity contribution < 1.29 is 14.6 Å². The molecular weight excluding hydrogens is 318 g/mol. The number of nitro groups is 1. The van der Waals surface area contributed by atoms with Gasteiger partial charge in [-0.1, -0.05) is 30.3 Å². The molecule has 2 aromatic carbocycles. The van der Waals surface area contributed by atoms with Crippen molar-refractivity contribution in [3.8, 4) is 0 Å². The van der Waals surface area contributed by atoms with Crippen LogP contribution >= 0.6 is 0 Å². The summed E-state index contributed by atoms with van der Waals surface area (Å²) in [6, 6.07) is 14.8. The average molecular weight is 342 g/mol. The number of nitrogens with zero attached hydrogens (tertiary/aromatic N) is 1. The smallest absolute Gasteiger partial charge is 0.293 e. The molecule has 0 aromatic heterocycles. The van der Waals surface area contributed by atoms with Crippen LogP contribution in [0.2, 0.25) is 0 Å². The third-order valence-electron chi connectivity index (χ3n) is 4.45. The second-order valence-electron chi connectivity index (χ2n) is 5.86. The van der Waals surface area contributed by atoms with E-state index >= 15 is 0 Å². The molecule has 0 radical (unpaired) electrons. The Kier molecular flexibility index (Phi) is 6.65. The van der Waals surface area contributed by atoms with E-state index in [-0.39, 0.29) is 11.7 Å². The molecule has 0 aliphatic heterocycles. The molecule has 2 aromatic rings. The maximum absolute atomic E-state index is 11.3. The molecule has 1 atom stereocenters. The van der Waals surface area contributed by atoms with Crippen molar-refractivity contribution in [3.63, 3.8) is 0 Å². The molecule has 6 heteroatoms. The molecule has 0 amide bonds. The van der Waals surface area contributed by atoms with Gasteiger partial charge in [-0.25, -0.2) is 0 Å². The first kappa shape index (κ1) is 18.6. The Bertz CT molecular complexity index is 715. The Morgan fingerprint density at radius 1 is 1.16 bits per heavy atom. The number of rotatable bonds is 9. The van der Waals surface area contributed by atoms with Crippen LogP contribution in [0, 0.1) is 10.1 Å². The van der Waals surface area contributed by atoms with Crippen LogP contribution < -0.4 is 10.2 Å². The standard InChI is InChI=1S/C19H23N3O3/c1-3-21(4-2)19(16-8-6-5-7-9-16)13-20-17-11-10-15(14-23)12-18(17)22(24)25/h5-12,14,19-20H,3-4,13H2,1-2H3/p+1/t19-/m0/s1. The van der Waals surface area contributed by atoms with Gasteiger partial charge in [-0.15, -0.1) is 0 Å². The molecular formula is C19H24N3O3+. The maximum Gasteiger partial charge on any atom is 0.293 e. The molecule has 0 fully saturated rings. The first-order valence-corrected chi connectivity index (χ1v) is 8.47. The van der Waals surface area contributed by atoms with Crippen molar-refractivity contribution in [1.82, 2.24) is 0 Å². The zero-order valence-corrected chi connectivity index (χ0v) is 14.6. The fourth-order valence-corrected chi connectivity index (χ4v) is 3.06. The van der Waals surface area contributed by atoms with Crippen LogP contribution in [0.3, 0.4) is 0 Å². The third-order valence-corrected chi connectivity index (χ3v) is 4.45. The summed E-state index contributed by atoms with van der Waals surface area (Å²) in [7, 11) is 0. The molecule has 2 N–H and O–H groups in total. The SMILES string of the molecule is CC[NH+](CC)[C@@H](CNc1ccc(C=O)cc1[N+](=O)[O-])c1ccccc1. The maximum atomic E-state index is 11.3. The number of hydrogen-bond donors (Lipinski definition) is 2. The number of carbonyl (C=O) groups excluding carboxylic acids is 1. The Hall–Kier alpha value is -2.73. The van der Waals surface area contributed by atoms with Crippen LogP contribution in [0.4, 0.5) is 11.4 Å². The predicted octanol–water partition coefficient (Wildman–Crippen LogP) is 2.49. The zero-order valence-electron chi connectivity index (χ0n) is 14.6. The zero-order chi connectivity index (χ0) is 18.2. The van der Waals surface area contributed by atoms with Gasteiger partial charge in [-0.3, -0.25) is 14.9 Å². The van der Waals surface area contributed by atoms with Crippen LogP contribution in [0.25, 0.3) is 0 Å². The van der Waals surface area contributed by atoms with Crippen molar-refractivity contribution in [2.75, 3.05) is 25.0 Å². The molecule has 6 nitrogen and oxygen atoms in total. The quantitative estimate of drug-likeness (QED) is 0.417. The summed E-state index contributed by atoms with van der Waals surface area (Å²) >= 11 is 0. The molecule has 25 heavy (non-hydrogen) atoms. The number of aldehydes is 1. The van der Waals surface area contributed by atoms with E-state index in [0.29, 0.717) is 24.1 Å². The summed E-state index contributed by atoms with van der Waals surface area (Å²) in [4.78, 5) is 23.1. The highest BCUT2D eigenvalue weighted by Gasteiger charge is 2.23. The van der Waals surface area contributed by atoms with Crippen LogP contribution in [0.15, 0.2) is 48.5 Å². The molecule has 0 bridgehead atoms. The summed E-state index contributed by atoms with van der Waals surface area (Å²) in [6.07, 6.45) is 0.615. The Morgan fingerprint density at radius 3 is 2.40 bits per heavy atom. The normalized spacial score (nSPS) is 12.0. The number of hydrogen-bond acceptors (Lipinski definition) is 4. The largest absolute Gasteiger partial charge is 0.373 e. The minimum Gasteiger partial charge on any atom is -0.373 e. The van der Waals surface area contributed by atoms with Gasteiger partial charge in [0.15, 0.2) is 0 Å². The molecule has 0 saturated heterocycles. The average Bonchev–Trinajstić information content (AvgIpc) is 2.65. The number of nitrogens with one attached hydrogen (secondary N) is 2. The molecule has 0 unspecified atom stereocenters. The van der Waals surface area contributed by atoms with Gasteiger partial charge in [-0.2, -0.15) is 0 Å². The van der Waals surface area contributed by atoms with E-state index in [9.17, 15) is 14.9 Å². The van der Waals surface area contributed by atoms with Crippen molar-refractivity contribution in [2.45, 2.75) is 19.9 Å². The fourth-order valence-electron chi connectivity index (χ4n) is 3.06. The molecule has 0 saturated carbocycles. The van der Waals surface area contributed by atoms with Gasteiger partial charge < -0.3 is 10.2 Å². The second-order valence-corrected chi connectivity index (χ2v) is 5.86. The topological polar surface area (TPSA) is 76.7 Å². The fraction of sp³-hybridized carbons (Fsp3) is 0.316. The number of quaternary nitrogens is 1. The lowest BCUT2D eigenvalue weighted by atomic mass is 10.0. The van der Waals surface area contributed by atoms with Gasteiger partial charge in [0.2, 0.25) is 0 Å². The Labute approximate surface area is 147 Å². The summed E-state index contributed by atoms with van der Waals surface area (Å²) in [5, 5.41) is 14.5. The highest BCUT2D eigenvalue weighted by Crippen LogP contribution is 2.25. The monoisotopic (exact) mass is 342 g/mol. The molecule has 0 aliphatic rings. The Morgan fingerprint density at radius 2 is 1.84 bits per heavy atom. The van der Waals surface area contributed by atoms with Crippen LogP contribution in [0.1, 0.15) is 35.8 Å². The number of likely N-dealkylation sites (N-methyl/N-ethyl adjacent to an activating group) is 1. The number of anilines is 1. The van der Waals surface area contributed by atoms with Crippen LogP contribution in [-0.4, -0.2) is 30.8 Å². The van der Waals surface area contributed by atoms with Crippen LogP contribution in [-0.2, 0) is 0 Å². The summed E-state index contributed by atoms with van der Waals surface area (Å²) < 4.78 is 0. The highest BCUT2D eigenvalue weighted by atomic mass is 16.6. The van der Waals surface area contributed by atoms with Crippen molar-refractivity contribution in [2.24, 2.45) is 0 Å². The lowest BCUT2D eigenvalue weighted by Crippen LogP contribution is -3.12. The van der Waals surface area contributed by atoms with E-state index in [0.717, 1.165) is 13.1 Å². The van der Waals surface area contributed by atoms with E-state index < -0.39 is 4.92 Å².